The molecule has 0 spiro atoms. The molecular weight excluding hydrogens is 1790 g/mol. The number of hydrogen-bond donors (Lipinski definition) is 0. The molecule has 10 heterocycles. The number of rotatable bonds is 10. The molecule has 0 amide bonds. The Morgan fingerprint density at radius 2 is 0.275 bits per heavy atom. The molecule has 0 saturated carbocycles. The van der Waals surface area contributed by atoms with Crippen LogP contribution in [0.5, 0.6) is 0 Å². The Hall–Kier alpha value is 1.85. The average Bonchev–Trinajstić information content (AvgIpc) is 1.45. The normalized spacial score (nSPS) is 17.3. The number of hydrogen-bond acceptors (Lipinski definition) is 20. The van der Waals surface area contributed by atoms with Crippen molar-refractivity contribution in [3.63, 3.8) is 0 Å². The maximum absolute atomic E-state index is 5.33. The van der Waals surface area contributed by atoms with Gasteiger partial charge in [0.2, 0.25) is 0 Å². The summed E-state index contributed by atoms with van der Waals surface area (Å²) < 4.78 is 103. The molecule has 10 rings (SSSR count). The van der Waals surface area contributed by atoms with Gasteiger partial charge in [0.1, 0.15) is 0 Å². The molecule has 24 nitrogen and oxygen atoms in total. The molecular formula is C84H168Fe2K2N8O16Si8-2. The summed E-state index contributed by atoms with van der Waals surface area (Å²) in [6, 6.07) is 23.2. The van der Waals surface area contributed by atoms with Crippen molar-refractivity contribution >= 4 is 65.9 Å². The molecule has 120 heavy (non-hydrogen) atoms. The van der Waals surface area contributed by atoms with Gasteiger partial charge in [0.05, 0.1) is 181 Å². The average molecular weight is 1960 g/mol. The molecule has 6 fully saturated rings. The van der Waals surface area contributed by atoms with E-state index in [2.05, 4.69) is 177 Å². The van der Waals surface area contributed by atoms with Crippen molar-refractivity contribution in [1.29, 1.82) is 0 Å². The monoisotopic (exact) mass is 1960 g/mol. The second kappa shape index (κ2) is 86.3. The number of pyridine rings is 4. The first kappa shape index (κ1) is 133. The third-order valence-electron chi connectivity index (χ3n) is 13.6. The topological polar surface area (TPSA) is 256 Å². The summed E-state index contributed by atoms with van der Waals surface area (Å²) in [4.78, 5) is 16.7. The molecule has 6 aliphatic heterocycles. The molecule has 4 aromatic rings. The fourth-order valence-corrected chi connectivity index (χ4v) is 43.0. The summed E-state index contributed by atoms with van der Waals surface area (Å²) in [5, 5.41) is 0. The van der Waals surface area contributed by atoms with Gasteiger partial charge in [0.25, 0.3) is 0 Å². The van der Waals surface area contributed by atoms with Crippen LogP contribution in [0, 0.1) is 0 Å². The largest absolute Gasteiger partial charge is 1.00 e. The summed E-state index contributed by atoms with van der Waals surface area (Å²) in [7, 11) is -8.85. The Balaban J connectivity index is -0.000000301. The Labute approximate surface area is 847 Å². The van der Waals surface area contributed by atoms with Crippen LogP contribution in [-0.2, 0) is 110 Å². The SMILES string of the molecule is C1CCOC1.C1CCOC1.C1CCOC1.C1CCOC1.C1COCCOCCOCCOCCOCCO1.C1COCCOCCOCCOCCOCCO1.C[Si](C)(C)[N-][Si](C)(C)C.C[Si](C)(C)[N-][Si](C)(C)C.C[Si](C)(C)[N-][Si](C)(C)C.C[Si](C)(C)[N-][Si](C)(C)C.[Fe].[Fe].[K+].[K+].c1ccc(-c2ccccn2)nc1.c1ccc(-c2ccccn2)nc1. The predicted molar refractivity (Wildman–Crippen MR) is 505 cm³/mol. The van der Waals surface area contributed by atoms with Crippen LogP contribution < -0.4 is 103 Å². The van der Waals surface area contributed by atoms with Crippen molar-refractivity contribution in [2.24, 2.45) is 0 Å². The summed E-state index contributed by atoms with van der Waals surface area (Å²) in [5.41, 5.74) is 3.66. The zero-order valence-corrected chi connectivity index (χ0v) is 96.8. The van der Waals surface area contributed by atoms with E-state index < -0.39 is 65.9 Å². The van der Waals surface area contributed by atoms with E-state index in [1.807, 2.05) is 72.8 Å². The maximum Gasteiger partial charge on any atom is 1.00 e. The van der Waals surface area contributed by atoms with Crippen molar-refractivity contribution in [2.45, 2.75) is 208 Å². The number of ether oxygens (including phenoxy) is 16. The molecule has 0 aromatic carbocycles. The summed E-state index contributed by atoms with van der Waals surface area (Å²) in [5.74, 6) is 0. The van der Waals surface area contributed by atoms with E-state index in [-0.39, 0.29) is 137 Å². The minimum atomic E-state index is -1.11. The second-order valence-electron chi connectivity index (χ2n) is 35.3. The van der Waals surface area contributed by atoms with Crippen LogP contribution in [0.25, 0.3) is 41.4 Å². The van der Waals surface area contributed by atoms with E-state index in [0.717, 1.165) is 75.6 Å². The smallest absolute Gasteiger partial charge is 0.668 e. The summed E-state index contributed by atoms with van der Waals surface area (Å²) >= 11 is 0. The van der Waals surface area contributed by atoms with Gasteiger partial charge in [-0.25, -0.2) is 0 Å². The van der Waals surface area contributed by atoms with Gasteiger partial charge in [-0.1, -0.05) is 247 Å². The molecule has 0 radical (unpaired) electrons. The van der Waals surface area contributed by atoms with Gasteiger partial charge in [-0.3, -0.25) is 19.9 Å². The van der Waals surface area contributed by atoms with E-state index in [1.54, 1.807) is 24.8 Å². The molecule has 0 N–H and O–H groups in total. The Bertz CT molecular complexity index is 2160. The van der Waals surface area contributed by atoms with E-state index in [1.165, 1.54) is 51.4 Å². The molecule has 0 bridgehead atoms. The predicted octanol–water partition coefficient (Wildman–Crippen LogP) is 13.8. The molecule has 692 valence electrons. The summed E-state index contributed by atoms with van der Waals surface area (Å²) in [6.07, 6.45) is 17.3. The van der Waals surface area contributed by atoms with Crippen LogP contribution in [0.4, 0.5) is 0 Å². The van der Waals surface area contributed by atoms with E-state index in [0.29, 0.717) is 159 Å². The first-order valence-corrected chi connectivity index (χ1v) is 70.2. The Morgan fingerprint density at radius 1 is 0.175 bits per heavy atom. The zero-order chi connectivity index (χ0) is 86.9. The first-order valence-electron chi connectivity index (χ1n) is 42.6. The van der Waals surface area contributed by atoms with Gasteiger partial charge in [-0.05, 0) is 99.9 Å². The fraction of sp³-hybridized carbons (Fsp3) is 0.762. The van der Waals surface area contributed by atoms with Crippen molar-refractivity contribution in [2.75, 3.05) is 211 Å². The summed E-state index contributed by atoms with van der Waals surface area (Å²) in [6.45, 7) is 77.2. The minimum absolute atomic E-state index is 0. The van der Waals surface area contributed by atoms with Crippen molar-refractivity contribution in [1.82, 2.24) is 19.9 Å². The van der Waals surface area contributed by atoms with Gasteiger partial charge in [0.15, 0.2) is 0 Å². The van der Waals surface area contributed by atoms with E-state index in [4.69, 9.17) is 94.4 Å². The maximum atomic E-state index is 5.33. The molecule has 6 saturated heterocycles. The standard InChI is InChI=1S/2C12H24O6.2C10H8N2.4C6H18NSi2.4C4H8O.2Fe.2K/c2*1-2-14-5-6-16-9-10-18-12-11-17-8-7-15-4-3-13-1;2*1-3-7-11-9(5-1)10-6-2-4-8-12-10;4*1-8(2,3)7-9(4,5)6;4*1-2-4-5-3-1;;;;/h2*1-12H2;2*1-8H;4*1-6H3;4*1-4H2;;;;/q;;;;4*-1;;;;;;;2*+1. The van der Waals surface area contributed by atoms with Crippen LogP contribution in [0.3, 0.4) is 0 Å². The van der Waals surface area contributed by atoms with Gasteiger partial charge < -0.3 is 94.4 Å². The van der Waals surface area contributed by atoms with Gasteiger partial charge >= 0.3 is 103 Å². The van der Waals surface area contributed by atoms with Crippen LogP contribution in [0.15, 0.2) is 97.6 Å². The van der Waals surface area contributed by atoms with Crippen LogP contribution in [0.2, 0.25) is 157 Å². The van der Waals surface area contributed by atoms with Gasteiger partial charge in [-0.15, -0.1) is 0 Å². The van der Waals surface area contributed by atoms with Crippen molar-refractivity contribution < 1.29 is 213 Å². The fourth-order valence-electron chi connectivity index (χ4n) is 10.8. The third kappa shape index (κ3) is 114. The molecule has 0 unspecified atom stereocenters. The quantitative estimate of drug-likeness (QED) is 0.134. The third-order valence-corrected chi connectivity index (χ3v) is 35.1. The van der Waals surface area contributed by atoms with Crippen molar-refractivity contribution in [3.05, 3.63) is 116 Å². The Kier molecular flexibility index (Phi) is 95.3. The van der Waals surface area contributed by atoms with E-state index in [9.17, 15) is 0 Å². The van der Waals surface area contributed by atoms with Crippen molar-refractivity contribution in [3.8, 4) is 22.8 Å². The van der Waals surface area contributed by atoms with Crippen LogP contribution in [0.1, 0.15) is 51.4 Å². The van der Waals surface area contributed by atoms with Gasteiger partial charge in [-0.2, -0.15) is 0 Å². The molecule has 6 aliphatic rings. The molecule has 0 aliphatic carbocycles. The first-order chi connectivity index (χ1) is 54.8. The second-order valence-corrected chi connectivity index (χ2v) is 73.6. The van der Waals surface area contributed by atoms with Crippen LogP contribution >= 0.6 is 0 Å². The Morgan fingerprint density at radius 3 is 0.333 bits per heavy atom. The molecule has 0 atom stereocenters. The minimum Gasteiger partial charge on any atom is -0.668 e. The zero-order valence-electron chi connectivity index (χ0n) is 80.3. The molecule has 36 heteroatoms. The van der Waals surface area contributed by atoms with E-state index >= 15 is 0 Å². The number of nitrogens with zero attached hydrogens (tertiary/aromatic N) is 8. The molecule has 4 aromatic heterocycles. The number of aromatic nitrogens is 4. The van der Waals surface area contributed by atoms with Gasteiger partial charge in [0, 0.05) is 112 Å². The van der Waals surface area contributed by atoms with Crippen LogP contribution in [-0.4, -0.2) is 297 Å².